The minimum Gasteiger partial charge on any atom is -0.481 e. The van der Waals surface area contributed by atoms with Crippen molar-refractivity contribution in [2.45, 2.75) is 24.8 Å². The maximum absolute atomic E-state index is 12.8. The molecule has 15 nitrogen and oxygen atoms in total. The molecule has 290 valence electrons. The number of carboxylic acid groups (broad SMARTS) is 1. The highest BCUT2D eigenvalue weighted by Gasteiger charge is 2.30. The molecule has 0 saturated heterocycles. The fourth-order valence-electron chi connectivity index (χ4n) is 5.25. The van der Waals surface area contributed by atoms with Crippen LogP contribution in [0.1, 0.15) is 29.9 Å². The van der Waals surface area contributed by atoms with Crippen molar-refractivity contribution in [2.24, 2.45) is 0 Å². The molecule has 0 saturated carbocycles. The number of aliphatic carboxylic acids is 1. The molecule has 3 N–H and O–H groups in total. The molecule has 1 aliphatic rings. The van der Waals surface area contributed by atoms with Crippen molar-refractivity contribution in [3.8, 4) is 11.1 Å². The van der Waals surface area contributed by atoms with Crippen molar-refractivity contribution in [3.05, 3.63) is 59.7 Å². The van der Waals surface area contributed by atoms with Gasteiger partial charge in [0, 0.05) is 26.0 Å². The SMILES string of the molecule is COCCOCCOCCOCCOCCOCCOCCOCCNC(=O)[C@H](CCC(=O)O)NC(=O)OCC1c2ccccc2-c2ccccc21. The molecule has 2 amide bonds. The van der Waals surface area contributed by atoms with Crippen LogP contribution in [0.4, 0.5) is 4.79 Å². The Morgan fingerprint density at radius 3 is 1.50 bits per heavy atom. The number of rotatable bonds is 31. The van der Waals surface area contributed by atoms with Gasteiger partial charge in [-0.2, -0.15) is 0 Å². The highest BCUT2D eigenvalue weighted by Crippen LogP contribution is 2.44. The summed E-state index contributed by atoms with van der Waals surface area (Å²) in [6.07, 6.45) is -1.19. The van der Waals surface area contributed by atoms with E-state index in [1.165, 1.54) is 0 Å². The molecule has 3 rings (SSSR count). The van der Waals surface area contributed by atoms with Crippen LogP contribution in [0.5, 0.6) is 0 Å². The third-order valence-corrected chi connectivity index (χ3v) is 7.81. The molecule has 0 radical (unpaired) electrons. The van der Waals surface area contributed by atoms with Crippen molar-refractivity contribution in [1.29, 1.82) is 0 Å². The van der Waals surface area contributed by atoms with Gasteiger partial charge in [0.15, 0.2) is 0 Å². The minimum atomic E-state index is -1.08. The van der Waals surface area contributed by atoms with Gasteiger partial charge in [0.25, 0.3) is 0 Å². The van der Waals surface area contributed by atoms with E-state index in [-0.39, 0.29) is 38.5 Å². The molecule has 52 heavy (non-hydrogen) atoms. The maximum Gasteiger partial charge on any atom is 0.407 e. The maximum atomic E-state index is 12.8. The van der Waals surface area contributed by atoms with Gasteiger partial charge in [-0.05, 0) is 28.7 Å². The molecule has 1 aliphatic carbocycles. The lowest BCUT2D eigenvalue weighted by Gasteiger charge is -2.19. The monoisotopic (exact) mass is 734 g/mol. The average molecular weight is 735 g/mol. The quantitative estimate of drug-likeness (QED) is 0.0965. The molecule has 2 aromatic rings. The zero-order valence-corrected chi connectivity index (χ0v) is 30.1. The van der Waals surface area contributed by atoms with E-state index in [9.17, 15) is 14.4 Å². The van der Waals surface area contributed by atoms with Gasteiger partial charge < -0.3 is 58.4 Å². The number of amides is 2. The summed E-state index contributed by atoms with van der Waals surface area (Å²) in [5, 5.41) is 14.4. The number of methoxy groups -OCH3 is 1. The number of fused-ring (bicyclic) bond motifs is 3. The van der Waals surface area contributed by atoms with E-state index in [1.807, 2.05) is 48.5 Å². The summed E-state index contributed by atoms with van der Waals surface area (Å²) in [7, 11) is 1.63. The van der Waals surface area contributed by atoms with Crippen molar-refractivity contribution in [2.75, 3.05) is 119 Å². The molecule has 0 unspecified atom stereocenters. The van der Waals surface area contributed by atoms with E-state index in [2.05, 4.69) is 10.6 Å². The fourth-order valence-corrected chi connectivity index (χ4v) is 5.25. The number of carboxylic acids is 1. The minimum absolute atomic E-state index is 0.0744. The second-order valence-electron chi connectivity index (χ2n) is 11.5. The number of ether oxygens (including phenoxy) is 9. The van der Waals surface area contributed by atoms with Gasteiger partial charge in [-0.1, -0.05) is 48.5 Å². The van der Waals surface area contributed by atoms with Crippen LogP contribution < -0.4 is 10.6 Å². The van der Waals surface area contributed by atoms with Crippen LogP contribution in [0.3, 0.4) is 0 Å². The van der Waals surface area contributed by atoms with Crippen molar-refractivity contribution in [3.63, 3.8) is 0 Å². The predicted molar refractivity (Wildman–Crippen MR) is 189 cm³/mol. The first-order chi connectivity index (χ1) is 25.5. The lowest BCUT2D eigenvalue weighted by molar-refractivity contribution is -0.137. The Hall–Kier alpha value is -3.67. The normalized spacial score (nSPS) is 12.6. The van der Waals surface area contributed by atoms with Gasteiger partial charge in [-0.25, -0.2) is 4.79 Å². The first-order valence-corrected chi connectivity index (χ1v) is 17.7. The van der Waals surface area contributed by atoms with Crippen LogP contribution in [-0.2, 0) is 52.2 Å². The number of carbonyl (C=O) groups excluding carboxylic acids is 2. The molecule has 15 heteroatoms. The standard InChI is InChI=1S/C37H54N2O13/c1-44-14-15-46-18-19-48-22-23-50-26-27-51-25-24-49-21-20-47-17-16-45-13-12-38-36(42)34(10-11-35(40)41)39-37(43)52-28-33-31-8-4-2-6-29(31)30-7-3-5-9-32(30)33/h2-9,33-34H,10-28H2,1H3,(H,38,42)(H,39,43)(H,40,41)/t34-/m0/s1. The van der Waals surface area contributed by atoms with Gasteiger partial charge in [-0.3, -0.25) is 9.59 Å². The van der Waals surface area contributed by atoms with E-state index < -0.39 is 24.0 Å². The van der Waals surface area contributed by atoms with Crippen LogP contribution >= 0.6 is 0 Å². The predicted octanol–water partition coefficient (Wildman–Crippen LogP) is 2.64. The van der Waals surface area contributed by atoms with Gasteiger partial charge in [0.1, 0.15) is 12.6 Å². The molecule has 0 spiro atoms. The Morgan fingerprint density at radius 2 is 1.06 bits per heavy atom. The highest BCUT2D eigenvalue weighted by atomic mass is 16.6. The molecule has 0 aliphatic heterocycles. The van der Waals surface area contributed by atoms with Crippen LogP contribution in [0.25, 0.3) is 11.1 Å². The molecule has 1 atom stereocenters. The summed E-state index contributed by atoms with van der Waals surface area (Å²) < 4.78 is 48.5. The van der Waals surface area contributed by atoms with Gasteiger partial charge in [0.2, 0.25) is 5.91 Å². The van der Waals surface area contributed by atoms with Gasteiger partial charge >= 0.3 is 12.1 Å². The second kappa shape index (κ2) is 27.0. The molecule has 2 aromatic carbocycles. The first kappa shape index (κ1) is 42.7. The fraction of sp³-hybridized carbons (Fsp3) is 0.595. The van der Waals surface area contributed by atoms with Crippen LogP contribution in [0.2, 0.25) is 0 Å². The van der Waals surface area contributed by atoms with E-state index >= 15 is 0 Å². The van der Waals surface area contributed by atoms with Gasteiger partial charge in [0.05, 0.1) is 99.1 Å². The zero-order valence-electron chi connectivity index (χ0n) is 30.1. The molecule has 0 fully saturated rings. The number of benzene rings is 2. The van der Waals surface area contributed by atoms with E-state index in [1.54, 1.807) is 7.11 Å². The zero-order chi connectivity index (χ0) is 37.1. The van der Waals surface area contributed by atoms with E-state index in [4.69, 9.17) is 47.7 Å². The van der Waals surface area contributed by atoms with Crippen molar-refractivity contribution in [1.82, 2.24) is 10.6 Å². The summed E-state index contributed by atoms with van der Waals surface area (Å²) in [5.74, 6) is -1.75. The third-order valence-electron chi connectivity index (χ3n) is 7.81. The number of hydrogen-bond acceptors (Lipinski definition) is 12. The highest BCUT2D eigenvalue weighted by molar-refractivity contribution is 5.86. The van der Waals surface area contributed by atoms with Crippen LogP contribution in [0, 0.1) is 0 Å². The van der Waals surface area contributed by atoms with E-state index in [0.717, 1.165) is 22.3 Å². The number of nitrogens with one attached hydrogen (secondary N) is 2. The first-order valence-electron chi connectivity index (χ1n) is 17.7. The Kier molecular flexibility index (Phi) is 22.2. The van der Waals surface area contributed by atoms with Crippen LogP contribution in [0.15, 0.2) is 48.5 Å². The van der Waals surface area contributed by atoms with Gasteiger partial charge in [-0.15, -0.1) is 0 Å². The Morgan fingerprint density at radius 1 is 0.635 bits per heavy atom. The molecule has 0 aromatic heterocycles. The molecular formula is C37H54N2O13. The van der Waals surface area contributed by atoms with Crippen LogP contribution in [-0.4, -0.2) is 148 Å². The average Bonchev–Trinajstić information content (AvgIpc) is 3.47. The summed E-state index contributed by atoms with van der Waals surface area (Å²) in [6, 6.07) is 14.8. The molecule has 0 heterocycles. The summed E-state index contributed by atoms with van der Waals surface area (Å²) in [6.45, 7) is 6.93. The second-order valence-corrected chi connectivity index (χ2v) is 11.5. The number of carbonyl (C=O) groups is 3. The summed E-state index contributed by atoms with van der Waals surface area (Å²) >= 11 is 0. The molecular weight excluding hydrogens is 680 g/mol. The lowest BCUT2D eigenvalue weighted by Crippen LogP contribution is -2.48. The Bertz CT molecular complexity index is 1250. The molecule has 0 bridgehead atoms. The Labute approximate surface area is 305 Å². The topological polar surface area (TPSA) is 179 Å². The third kappa shape index (κ3) is 17.2. The largest absolute Gasteiger partial charge is 0.481 e. The van der Waals surface area contributed by atoms with Crippen molar-refractivity contribution < 1.29 is 62.1 Å². The summed E-state index contributed by atoms with van der Waals surface area (Å²) in [4.78, 5) is 36.7. The van der Waals surface area contributed by atoms with Crippen molar-refractivity contribution >= 4 is 18.0 Å². The Balaban J connectivity index is 1.16. The number of hydrogen-bond donors (Lipinski definition) is 3. The lowest BCUT2D eigenvalue weighted by atomic mass is 9.98. The summed E-state index contributed by atoms with van der Waals surface area (Å²) in [5.41, 5.74) is 4.31. The number of alkyl carbamates (subject to hydrolysis) is 1. The smallest absolute Gasteiger partial charge is 0.407 e. The van der Waals surface area contributed by atoms with E-state index in [0.29, 0.717) is 92.5 Å².